The molecule has 148 valence electrons. The molecule has 8 heteroatoms. The molecule has 0 aliphatic carbocycles. The lowest BCUT2D eigenvalue weighted by Gasteiger charge is -2.32. The van der Waals surface area contributed by atoms with Gasteiger partial charge in [-0.3, -0.25) is 9.89 Å². The van der Waals surface area contributed by atoms with Gasteiger partial charge in [0.05, 0.1) is 12.1 Å². The maximum Gasteiger partial charge on any atom is 0.248 e. The number of anilines is 1. The average Bonchev–Trinajstić information content (AvgIpc) is 3.21. The van der Waals surface area contributed by atoms with Crippen LogP contribution in [0.2, 0.25) is 0 Å². The van der Waals surface area contributed by atoms with Gasteiger partial charge in [0.25, 0.3) is 0 Å². The van der Waals surface area contributed by atoms with Gasteiger partial charge in [0.2, 0.25) is 17.7 Å². The van der Waals surface area contributed by atoms with Crippen LogP contribution < -0.4 is 15.4 Å². The Bertz CT molecular complexity index is 1270. The highest BCUT2D eigenvalue weighted by molar-refractivity contribution is 9.10. The third-order valence-electron chi connectivity index (χ3n) is 5.63. The third kappa shape index (κ3) is 2.30. The van der Waals surface area contributed by atoms with Gasteiger partial charge in [0.15, 0.2) is 0 Å². The number of aromatic amines is 1. The molecular weight excluding hydrogens is 446 g/mol. The van der Waals surface area contributed by atoms with Crippen molar-refractivity contribution in [3.63, 3.8) is 0 Å². The molecule has 0 unspecified atom stereocenters. The van der Waals surface area contributed by atoms with Crippen molar-refractivity contribution < 1.29 is 9.53 Å². The number of hydrogen-bond acceptors (Lipinski definition) is 5. The van der Waals surface area contributed by atoms with Gasteiger partial charge < -0.3 is 15.4 Å². The van der Waals surface area contributed by atoms with E-state index < -0.39 is 5.41 Å². The van der Waals surface area contributed by atoms with E-state index in [1.165, 1.54) is 0 Å². The standard InChI is InChI=1S/C22H16BrN5O2/c1-12-18-20(27-26-12)30-19(25)16(10-24)22(18)15-9-14(23)7-8-17(15)28(21(22)29)11-13-5-3-2-4-6-13/h2-9H,11,25H2,1H3,(H,26,27)/t22-/m0/s1. The van der Waals surface area contributed by atoms with Crippen molar-refractivity contribution in [1.82, 2.24) is 10.2 Å². The monoisotopic (exact) mass is 461 g/mol. The molecular formula is C22H16BrN5O2. The van der Waals surface area contributed by atoms with Crippen LogP contribution in [0.5, 0.6) is 5.88 Å². The fourth-order valence-corrected chi connectivity index (χ4v) is 4.76. The van der Waals surface area contributed by atoms with Crippen LogP contribution in [0.4, 0.5) is 5.69 Å². The van der Waals surface area contributed by atoms with E-state index in [-0.39, 0.29) is 23.2 Å². The summed E-state index contributed by atoms with van der Waals surface area (Å²) in [6.07, 6.45) is 0. The second-order valence-electron chi connectivity index (χ2n) is 7.27. The number of aromatic nitrogens is 2. The number of rotatable bonds is 2. The Hall–Kier alpha value is -3.57. The number of nitrogens with two attached hydrogens (primary N) is 1. The summed E-state index contributed by atoms with van der Waals surface area (Å²) in [5.74, 6) is -0.157. The van der Waals surface area contributed by atoms with Gasteiger partial charge in [-0.05, 0) is 30.7 Å². The number of benzene rings is 2. The Morgan fingerprint density at radius 1 is 1.30 bits per heavy atom. The highest BCUT2D eigenvalue weighted by Crippen LogP contribution is 2.56. The zero-order valence-electron chi connectivity index (χ0n) is 15.9. The van der Waals surface area contributed by atoms with Crippen molar-refractivity contribution in [2.45, 2.75) is 18.9 Å². The maximum absolute atomic E-state index is 14.2. The first-order valence-corrected chi connectivity index (χ1v) is 10.1. The van der Waals surface area contributed by atoms with E-state index in [1.54, 1.807) is 11.8 Å². The number of ether oxygens (including phenoxy) is 1. The Morgan fingerprint density at radius 3 is 2.80 bits per heavy atom. The van der Waals surface area contributed by atoms with E-state index in [0.717, 1.165) is 15.7 Å². The molecule has 1 spiro atoms. The Balaban J connectivity index is 1.83. The normalized spacial score (nSPS) is 19.5. The van der Waals surface area contributed by atoms with E-state index in [0.29, 0.717) is 23.4 Å². The molecule has 5 rings (SSSR count). The summed E-state index contributed by atoms with van der Waals surface area (Å²) in [4.78, 5) is 15.9. The molecule has 3 N–H and O–H groups in total. The van der Waals surface area contributed by atoms with Crippen LogP contribution in [0.1, 0.15) is 22.4 Å². The van der Waals surface area contributed by atoms with Crippen LogP contribution in [0, 0.1) is 18.3 Å². The smallest absolute Gasteiger partial charge is 0.248 e. The average molecular weight is 462 g/mol. The van der Waals surface area contributed by atoms with Crippen LogP contribution in [0.25, 0.3) is 0 Å². The highest BCUT2D eigenvalue weighted by Gasteiger charge is 2.60. The first-order chi connectivity index (χ1) is 14.5. The van der Waals surface area contributed by atoms with Crippen LogP contribution in [0.15, 0.2) is 64.5 Å². The van der Waals surface area contributed by atoms with E-state index in [4.69, 9.17) is 10.5 Å². The van der Waals surface area contributed by atoms with Gasteiger partial charge in [-0.2, -0.15) is 5.26 Å². The Kier molecular flexibility index (Phi) is 3.98. The number of H-pyrrole nitrogens is 1. The van der Waals surface area contributed by atoms with Crippen molar-refractivity contribution in [3.05, 3.63) is 86.8 Å². The van der Waals surface area contributed by atoms with Gasteiger partial charge in [0, 0.05) is 21.4 Å². The summed E-state index contributed by atoms with van der Waals surface area (Å²) >= 11 is 3.51. The molecule has 3 heterocycles. The summed E-state index contributed by atoms with van der Waals surface area (Å²) in [7, 11) is 0. The number of fused-ring (bicyclic) bond motifs is 4. The second kappa shape index (κ2) is 6.47. The number of hydrogen-bond donors (Lipinski definition) is 2. The Morgan fingerprint density at radius 2 is 2.07 bits per heavy atom. The maximum atomic E-state index is 14.2. The molecule has 3 aromatic rings. The fourth-order valence-electron chi connectivity index (χ4n) is 4.40. The SMILES string of the molecule is Cc1[nH]nc2c1[C@@]1(C(=O)N(Cc3ccccc3)c3ccc(Br)cc31)C(C#N)=C(N)O2. The summed E-state index contributed by atoms with van der Waals surface area (Å²) in [6, 6.07) is 17.5. The quantitative estimate of drug-likeness (QED) is 0.607. The lowest BCUT2D eigenvalue weighted by atomic mass is 9.69. The zero-order valence-corrected chi connectivity index (χ0v) is 17.5. The van der Waals surface area contributed by atoms with Crippen molar-refractivity contribution in [1.29, 1.82) is 5.26 Å². The topological polar surface area (TPSA) is 108 Å². The van der Waals surface area contributed by atoms with Gasteiger partial charge in [-0.1, -0.05) is 46.3 Å². The van der Waals surface area contributed by atoms with Gasteiger partial charge in [0.1, 0.15) is 17.1 Å². The largest absolute Gasteiger partial charge is 0.420 e. The summed E-state index contributed by atoms with van der Waals surface area (Å²) in [6.45, 7) is 2.17. The number of halogens is 1. The first-order valence-electron chi connectivity index (χ1n) is 9.28. The molecule has 0 saturated carbocycles. The van der Waals surface area contributed by atoms with Gasteiger partial charge in [-0.25, -0.2) is 0 Å². The molecule has 1 atom stereocenters. The van der Waals surface area contributed by atoms with E-state index in [9.17, 15) is 10.1 Å². The first kappa shape index (κ1) is 18.5. The molecule has 0 saturated heterocycles. The number of nitrogens with one attached hydrogen (secondary N) is 1. The van der Waals surface area contributed by atoms with Gasteiger partial charge in [-0.15, -0.1) is 5.10 Å². The van der Waals surface area contributed by atoms with E-state index >= 15 is 0 Å². The molecule has 2 aliphatic rings. The predicted octanol–water partition coefficient (Wildman–Crippen LogP) is 3.40. The third-order valence-corrected chi connectivity index (χ3v) is 6.12. The fraction of sp³-hybridized carbons (Fsp3) is 0.136. The summed E-state index contributed by atoms with van der Waals surface area (Å²) in [5, 5.41) is 17.1. The van der Waals surface area contributed by atoms with Crippen molar-refractivity contribution in [3.8, 4) is 11.9 Å². The number of nitrogens with zero attached hydrogens (tertiary/aromatic N) is 3. The number of amides is 1. The number of carbonyl (C=O) groups is 1. The lowest BCUT2D eigenvalue weighted by Crippen LogP contribution is -2.45. The Labute approximate surface area is 180 Å². The van der Waals surface area contributed by atoms with Crippen LogP contribution >= 0.6 is 15.9 Å². The second-order valence-corrected chi connectivity index (χ2v) is 8.19. The minimum Gasteiger partial charge on any atom is -0.420 e. The molecule has 0 bridgehead atoms. The van der Waals surface area contributed by atoms with Crippen LogP contribution in [-0.2, 0) is 16.8 Å². The van der Waals surface area contributed by atoms with Crippen molar-refractivity contribution in [2.24, 2.45) is 5.73 Å². The summed E-state index contributed by atoms with van der Waals surface area (Å²) in [5.41, 5.74) is 8.31. The molecule has 7 nitrogen and oxygen atoms in total. The van der Waals surface area contributed by atoms with Crippen LogP contribution in [0.3, 0.4) is 0 Å². The zero-order chi connectivity index (χ0) is 21.0. The minimum absolute atomic E-state index is 0.0689. The molecule has 0 fully saturated rings. The van der Waals surface area contributed by atoms with Crippen molar-refractivity contribution in [2.75, 3.05) is 4.90 Å². The van der Waals surface area contributed by atoms with E-state index in [2.05, 4.69) is 32.2 Å². The summed E-state index contributed by atoms with van der Waals surface area (Å²) < 4.78 is 6.39. The van der Waals surface area contributed by atoms with Crippen molar-refractivity contribution >= 4 is 27.5 Å². The van der Waals surface area contributed by atoms with E-state index in [1.807, 2.05) is 48.5 Å². The molecule has 30 heavy (non-hydrogen) atoms. The highest BCUT2D eigenvalue weighted by atomic mass is 79.9. The molecule has 2 aliphatic heterocycles. The molecule has 0 radical (unpaired) electrons. The van der Waals surface area contributed by atoms with Crippen LogP contribution in [-0.4, -0.2) is 16.1 Å². The predicted molar refractivity (Wildman–Crippen MR) is 113 cm³/mol. The number of aryl methyl sites for hydroxylation is 1. The molecule has 1 amide bonds. The van der Waals surface area contributed by atoms with Gasteiger partial charge >= 0.3 is 0 Å². The minimum atomic E-state index is -1.42. The molecule has 1 aromatic heterocycles. The number of carbonyl (C=O) groups excluding carboxylic acids is 1. The molecule has 2 aromatic carbocycles. The lowest BCUT2D eigenvalue weighted by molar-refractivity contribution is -0.121. The number of nitriles is 1.